The van der Waals surface area contributed by atoms with Crippen molar-refractivity contribution in [2.24, 2.45) is 5.10 Å². The molecule has 0 fully saturated rings. The number of hydrazone groups is 1. The highest BCUT2D eigenvalue weighted by Gasteiger charge is 2.04. The summed E-state index contributed by atoms with van der Waals surface area (Å²) in [5, 5.41) is 4.17. The van der Waals surface area contributed by atoms with Gasteiger partial charge in [0.05, 0.1) is 17.5 Å². The lowest BCUT2D eigenvalue weighted by Gasteiger charge is -2.05. The topological polar surface area (TPSA) is 63.8 Å². The molecule has 0 spiro atoms. The molecule has 1 amide bonds. The fourth-order valence-corrected chi connectivity index (χ4v) is 1.46. The van der Waals surface area contributed by atoms with E-state index in [2.05, 4.69) is 10.5 Å². The number of hydrogen-bond donors (Lipinski definition) is 1. The molecule has 2 rings (SSSR count). The Hall–Kier alpha value is -2.27. The fourth-order valence-electron chi connectivity index (χ4n) is 1.27. The van der Waals surface area contributed by atoms with E-state index in [0.29, 0.717) is 16.5 Å². The van der Waals surface area contributed by atoms with Crippen molar-refractivity contribution in [1.82, 2.24) is 5.43 Å². The van der Waals surface area contributed by atoms with Crippen LogP contribution < -0.4 is 10.2 Å². The first kappa shape index (κ1) is 13.2. The monoisotopic (exact) mass is 278 g/mol. The molecule has 0 aliphatic carbocycles. The average Bonchev–Trinajstić information content (AvgIpc) is 2.91. The van der Waals surface area contributed by atoms with E-state index in [0.717, 1.165) is 0 Å². The summed E-state index contributed by atoms with van der Waals surface area (Å²) < 4.78 is 10.3. The van der Waals surface area contributed by atoms with Crippen LogP contribution in [0, 0.1) is 0 Å². The van der Waals surface area contributed by atoms with Gasteiger partial charge in [-0.05, 0) is 24.3 Å². The van der Waals surface area contributed by atoms with Crippen molar-refractivity contribution in [3.63, 3.8) is 0 Å². The van der Waals surface area contributed by atoms with Crippen LogP contribution >= 0.6 is 11.6 Å². The molecule has 0 unspecified atom stereocenters. The van der Waals surface area contributed by atoms with E-state index in [1.165, 1.54) is 12.5 Å². The van der Waals surface area contributed by atoms with Crippen LogP contribution in [0.3, 0.4) is 0 Å². The first-order valence-corrected chi connectivity index (χ1v) is 5.86. The number of carbonyl (C=O) groups is 1. The van der Waals surface area contributed by atoms with Crippen LogP contribution in [0.1, 0.15) is 5.76 Å². The average molecular weight is 279 g/mol. The Morgan fingerprint density at radius 3 is 2.95 bits per heavy atom. The van der Waals surface area contributed by atoms with E-state index in [9.17, 15) is 4.79 Å². The highest BCUT2D eigenvalue weighted by molar-refractivity contribution is 6.32. The van der Waals surface area contributed by atoms with Crippen LogP contribution in [0.4, 0.5) is 0 Å². The van der Waals surface area contributed by atoms with Gasteiger partial charge < -0.3 is 9.15 Å². The summed E-state index contributed by atoms with van der Waals surface area (Å²) in [6, 6.07) is 10.4. The van der Waals surface area contributed by atoms with Gasteiger partial charge in [0, 0.05) is 0 Å². The molecule has 1 aromatic carbocycles. The number of amides is 1. The number of furan rings is 1. The molecule has 5 nitrogen and oxygen atoms in total. The third-order valence-electron chi connectivity index (χ3n) is 2.12. The highest BCUT2D eigenvalue weighted by Crippen LogP contribution is 2.22. The molecule has 6 heteroatoms. The predicted octanol–water partition coefficient (Wildman–Crippen LogP) is 2.46. The first-order valence-electron chi connectivity index (χ1n) is 5.48. The lowest BCUT2D eigenvalue weighted by molar-refractivity contribution is -0.123. The molecule has 0 saturated carbocycles. The second kappa shape index (κ2) is 6.61. The molecule has 0 aliphatic heterocycles. The van der Waals surface area contributed by atoms with E-state index < -0.39 is 0 Å². The molecule has 19 heavy (non-hydrogen) atoms. The molecule has 0 aliphatic rings. The molecule has 2 aromatic rings. The van der Waals surface area contributed by atoms with Gasteiger partial charge in [0.15, 0.2) is 6.61 Å². The number of ether oxygens (including phenoxy) is 1. The maximum absolute atomic E-state index is 11.4. The normalized spacial score (nSPS) is 10.6. The van der Waals surface area contributed by atoms with Crippen molar-refractivity contribution in [3.05, 3.63) is 53.4 Å². The van der Waals surface area contributed by atoms with Crippen molar-refractivity contribution in [3.8, 4) is 5.75 Å². The van der Waals surface area contributed by atoms with Crippen LogP contribution in [-0.2, 0) is 4.79 Å². The van der Waals surface area contributed by atoms with Crippen molar-refractivity contribution in [2.75, 3.05) is 6.61 Å². The quantitative estimate of drug-likeness (QED) is 0.675. The minimum Gasteiger partial charge on any atom is -0.482 e. The second-order valence-corrected chi connectivity index (χ2v) is 3.93. The van der Waals surface area contributed by atoms with E-state index in [-0.39, 0.29) is 12.5 Å². The van der Waals surface area contributed by atoms with E-state index >= 15 is 0 Å². The van der Waals surface area contributed by atoms with Crippen LogP contribution in [0.5, 0.6) is 5.75 Å². The summed E-state index contributed by atoms with van der Waals surface area (Å²) in [5.74, 6) is 0.615. The molecule has 0 bridgehead atoms. The van der Waals surface area contributed by atoms with E-state index in [1.807, 2.05) is 0 Å². The van der Waals surface area contributed by atoms with Gasteiger partial charge >= 0.3 is 0 Å². The van der Waals surface area contributed by atoms with Crippen LogP contribution in [0.25, 0.3) is 0 Å². The van der Waals surface area contributed by atoms with Crippen LogP contribution in [0.15, 0.2) is 52.2 Å². The molecular formula is C13H11ClN2O3. The van der Waals surface area contributed by atoms with Gasteiger partial charge in [-0.25, -0.2) is 5.43 Å². The van der Waals surface area contributed by atoms with Gasteiger partial charge in [0.25, 0.3) is 5.91 Å². The third-order valence-corrected chi connectivity index (χ3v) is 2.43. The van der Waals surface area contributed by atoms with Crippen molar-refractivity contribution in [2.45, 2.75) is 0 Å². The molecule has 0 atom stereocenters. The van der Waals surface area contributed by atoms with E-state index in [4.69, 9.17) is 20.8 Å². The third kappa shape index (κ3) is 4.15. The van der Waals surface area contributed by atoms with Crippen LogP contribution in [-0.4, -0.2) is 18.7 Å². The zero-order valence-corrected chi connectivity index (χ0v) is 10.6. The van der Waals surface area contributed by atoms with Crippen molar-refractivity contribution in [1.29, 1.82) is 0 Å². The summed E-state index contributed by atoms with van der Waals surface area (Å²) in [5.41, 5.74) is 2.31. The maximum atomic E-state index is 11.4. The van der Waals surface area contributed by atoms with Crippen molar-refractivity contribution >= 4 is 23.7 Å². The highest BCUT2D eigenvalue weighted by atomic mass is 35.5. The number of hydrogen-bond acceptors (Lipinski definition) is 4. The van der Waals surface area contributed by atoms with Gasteiger partial charge in [0.1, 0.15) is 11.5 Å². The summed E-state index contributed by atoms with van der Waals surface area (Å²) in [6.07, 6.45) is 2.91. The molecule has 1 heterocycles. The summed E-state index contributed by atoms with van der Waals surface area (Å²) >= 11 is 5.88. The Morgan fingerprint density at radius 1 is 1.37 bits per heavy atom. The summed E-state index contributed by atoms with van der Waals surface area (Å²) in [7, 11) is 0. The number of nitrogens with zero attached hydrogens (tertiary/aromatic N) is 1. The Balaban J connectivity index is 1.78. The Bertz CT molecular complexity index is 567. The minimum atomic E-state index is -0.386. The zero-order chi connectivity index (χ0) is 13.5. The van der Waals surface area contributed by atoms with Gasteiger partial charge in [-0.2, -0.15) is 5.10 Å². The molecule has 98 valence electrons. The SMILES string of the molecule is O=C(COc1ccccc1Cl)NN=Cc1ccco1. The largest absolute Gasteiger partial charge is 0.482 e. The zero-order valence-electron chi connectivity index (χ0n) is 9.88. The number of carbonyl (C=O) groups excluding carboxylic acids is 1. The number of para-hydroxylation sites is 1. The minimum absolute atomic E-state index is 0.167. The van der Waals surface area contributed by atoms with Crippen molar-refractivity contribution < 1.29 is 13.9 Å². The number of halogens is 1. The van der Waals surface area contributed by atoms with Gasteiger partial charge in [0.2, 0.25) is 0 Å². The smallest absolute Gasteiger partial charge is 0.277 e. The Labute approximate surface area is 114 Å². The second-order valence-electron chi connectivity index (χ2n) is 3.53. The molecule has 0 radical (unpaired) electrons. The van der Waals surface area contributed by atoms with Crippen LogP contribution in [0.2, 0.25) is 5.02 Å². The Kier molecular flexibility index (Phi) is 4.58. The lowest BCUT2D eigenvalue weighted by atomic mass is 10.3. The summed E-state index contributed by atoms with van der Waals surface area (Å²) in [6.45, 7) is -0.167. The predicted molar refractivity (Wildman–Crippen MR) is 71.4 cm³/mol. The summed E-state index contributed by atoms with van der Waals surface area (Å²) in [4.78, 5) is 11.4. The number of benzene rings is 1. The van der Waals surface area contributed by atoms with Gasteiger partial charge in [-0.1, -0.05) is 23.7 Å². The molecule has 1 N–H and O–H groups in total. The molecule has 1 aromatic heterocycles. The standard InChI is InChI=1S/C13H11ClN2O3/c14-11-5-1-2-6-12(11)19-9-13(17)16-15-8-10-4-3-7-18-10/h1-8H,9H2,(H,16,17). The fraction of sp³-hybridized carbons (Fsp3) is 0.0769. The maximum Gasteiger partial charge on any atom is 0.277 e. The van der Waals surface area contributed by atoms with E-state index in [1.54, 1.807) is 36.4 Å². The molecular weight excluding hydrogens is 268 g/mol. The Morgan fingerprint density at radius 2 is 2.21 bits per heavy atom. The number of nitrogens with one attached hydrogen (secondary N) is 1. The number of rotatable bonds is 5. The lowest BCUT2D eigenvalue weighted by Crippen LogP contribution is -2.24. The first-order chi connectivity index (χ1) is 9.25. The molecule has 0 saturated heterocycles. The van der Waals surface area contributed by atoms with Gasteiger partial charge in [-0.3, -0.25) is 4.79 Å². The van der Waals surface area contributed by atoms with Gasteiger partial charge in [-0.15, -0.1) is 0 Å².